The lowest BCUT2D eigenvalue weighted by molar-refractivity contribution is -0.190. The van der Waals surface area contributed by atoms with E-state index in [1.165, 1.54) is 11.1 Å². The molecule has 1 heterocycles. The van der Waals surface area contributed by atoms with Crippen LogP contribution in [0.25, 0.3) is 0 Å². The third-order valence-electron chi connectivity index (χ3n) is 4.85. The zero-order valence-corrected chi connectivity index (χ0v) is 15.1. The summed E-state index contributed by atoms with van der Waals surface area (Å²) >= 11 is 0. The Hall–Kier alpha value is -1.56. The van der Waals surface area contributed by atoms with Crippen LogP contribution < -0.4 is 5.43 Å². The van der Waals surface area contributed by atoms with E-state index in [2.05, 4.69) is 18.4 Å². The first-order chi connectivity index (χ1) is 11.6. The zero-order chi connectivity index (χ0) is 18.7. The summed E-state index contributed by atoms with van der Waals surface area (Å²) < 4.78 is 40.3. The minimum atomic E-state index is -4.35. The number of unbranched alkanes of at least 4 members (excludes halogenated alkanes) is 1. The van der Waals surface area contributed by atoms with Crippen molar-refractivity contribution in [2.45, 2.75) is 65.1 Å². The van der Waals surface area contributed by atoms with Crippen LogP contribution in [-0.2, 0) is 17.6 Å². The number of nitrogens with zero attached hydrogens (tertiary/aromatic N) is 1. The monoisotopic (exact) mass is 356 g/mol. The first-order valence-corrected chi connectivity index (χ1v) is 8.86. The van der Waals surface area contributed by atoms with Gasteiger partial charge in [-0.25, -0.2) is 5.01 Å². The predicted molar refractivity (Wildman–Crippen MR) is 91.8 cm³/mol. The van der Waals surface area contributed by atoms with Gasteiger partial charge in [-0.3, -0.25) is 10.2 Å². The second-order valence-corrected chi connectivity index (χ2v) is 7.38. The van der Waals surface area contributed by atoms with Crippen LogP contribution in [0.15, 0.2) is 24.3 Å². The summed E-state index contributed by atoms with van der Waals surface area (Å²) in [5.74, 6) is -0.348. The van der Waals surface area contributed by atoms with Gasteiger partial charge in [-0.2, -0.15) is 13.2 Å². The van der Waals surface area contributed by atoms with Crippen molar-refractivity contribution in [2.24, 2.45) is 5.41 Å². The number of alkyl halides is 3. The second kappa shape index (κ2) is 7.77. The lowest BCUT2D eigenvalue weighted by Gasteiger charge is -2.29. The molecule has 0 unspecified atom stereocenters. The molecule has 1 aromatic rings. The van der Waals surface area contributed by atoms with Crippen molar-refractivity contribution in [3.63, 3.8) is 0 Å². The fourth-order valence-corrected chi connectivity index (χ4v) is 3.30. The number of aryl methyl sites for hydroxylation is 2. The van der Waals surface area contributed by atoms with Gasteiger partial charge >= 0.3 is 6.18 Å². The van der Waals surface area contributed by atoms with Crippen LogP contribution in [0, 0.1) is 5.41 Å². The SMILES string of the molecule is CCc1ccccc1CCCC[C@H](N1CC(C)(C)C(=O)N1)C(F)(F)F. The Morgan fingerprint density at radius 2 is 1.84 bits per heavy atom. The molecule has 3 nitrogen and oxygen atoms in total. The van der Waals surface area contributed by atoms with Crippen molar-refractivity contribution in [1.82, 2.24) is 10.4 Å². The van der Waals surface area contributed by atoms with Crippen molar-refractivity contribution in [3.05, 3.63) is 35.4 Å². The zero-order valence-electron chi connectivity index (χ0n) is 15.1. The van der Waals surface area contributed by atoms with Crippen molar-refractivity contribution in [2.75, 3.05) is 6.54 Å². The molecule has 0 spiro atoms. The number of rotatable bonds is 7. The van der Waals surface area contributed by atoms with Crippen LogP contribution in [0.5, 0.6) is 0 Å². The molecule has 1 fully saturated rings. The summed E-state index contributed by atoms with van der Waals surface area (Å²) in [7, 11) is 0. The molecule has 1 saturated heterocycles. The van der Waals surface area contributed by atoms with E-state index in [0.29, 0.717) is 12.8 Å². The highest BCUT2D eigenvalue weighted by molar-refractivity contribution is 5.83. The highest BCUT2D eigenvalue weighted by Gasteiger charge is 2.49. The van der Waals surface area contributed by atoms with E-state index in [1.54, 1.807) is 13.8 Å². The van der Waals surface area contributed by atoms with E-state index < -0.39 is 17.6 Å². The maximum Gasteiger partial charge on any atom is 0.405 e. The molecule has 1 aromatic carbocycles. The van der Waals surface area contributed by atoms with Crippen LogP contribution >= 0.6 is 0 Å². The van der Waals surface area contributed by atoms with Crippen LogP contribution in [0.3, 0.4) is 0 Å². The van der Waals surface area contributed by atoms with Crippen LogP contribution in [0.1, 0.15) is 51.2 Å². The molecule has 0 saturated carbocycles. The molecule has 6 heteroatoms. The maximum atomic E-state index is 13.4. The molecule has 1 aliphatic rings. The first-order valence-electron chi connectivity index (χ1n) is 8.86. The topological polar surface area (TPSA) is 32.3 Å². The van der Waals surface area contributed by atoms with Gasteiger partial charge in [-0.15, -0.1) is 0 Å². The molecule has 2 rings (SSSR count). The molecular weight excluding hydrogens is 329 g/mol. The standard InChI is InChI=1S/C19H27F3N2O/c1-4-14-9-5-6-10-15(14)11-7-8-12-16(19(20,21)22)24-13-18(2,3)17(25)23-24/h5-6,9-10,16H,4,7-8,11-13H2,1-3H3,(H,23,25)/t16-/m0/s1. The highest BCUT2D eigenvalue weighted by Crippen LogP contribution is 2.33. The number of carbonyl (C=O) groups excluding carboxylic acids is 1. The summed E-state index contributed by atoms with van der Waals surface area (Å²) in [6, 6.07) is 6.44. The molecular formula is C19H27F3N2O. The van der Waals surface area contributed by atoms with Gasteiger partial charge < -0.3 is 0 Å². The molecule has 0 bridgehead atoms. The van der Waals surface area contributed by atoms with E-state index >= 15 is 0 Å². The fraction of sp³-hybridized carbons (Fsp3) is 0.632. The normalized spacial score (nSPS) is 19.0. The maximum absolute atomic E-state index is 13.4. The van der Waals surface area contributed by atoms with Gasteiger partial charge in [0.05, 0.1) is 5.41 Å². The summed E-state index contributed by atoms with van der Waals surface area (Å²) in [5.41, 5.74) is 4.08. The molecule has 1 aliphatic heterocycles. The fourth-order valence-electron chi connectivity index (χ4n) is 3.30. The Morgan fingerprint density at radius 1 is 1.20 bits per heavy atom. The molecule has 140 valence electrons. The third-order valence-corrected chi connectivity index (χ3v) is 4.85. The minimum Gasteiger partial charge on any atom is -0.288 e. The van der Waals surface area contributed by atoms with Crippen LogP contribution in [0.4, 0.5) is 13.2 Å². The molecule has 1 N–H and O–H groups in total. The Balaban J connectivity index is 1.92. The highest BCUT2D eigenvalue weighted by atomic mass is 19.4. The van der Waals surface area contributed by atoms with Crippen molar-refractivity contribution >= 4 is 5.91 Å². The van der Waals surface area contributed by atoms with Crippen molar-refractivity contribution in [3.8, 4) is 0 Å². The number of hydrazine groups is 1. The lowest BCUT2D eigenvalue weighted by Crippen LogP contribution is -2.49. The Morgan fingerprint density at radius 3 is 2.36 bits per heavy atom. The van der Waals surface area contributed by atoms with Gasteiger partial charge in [0.15, 0.2) is 0 Å². The first kappa shape index (κ1) is 19.8. The molecule has 25 heavy (non-hydrogen) atoms. The predicted octanol–water partition coefficient (Wildman–Crippen LogP) is 4.27. The average Bonchev–Trinajstić information content (AvgIpc) is 2.79. The van der Waals surface area contributed by atoms with Gasteiger partial charge in [0.1, 0.15) is 6.04 Å². The summed E-state index contributed by atoms with van der Waals surface area (Å²) in [6.45, 7) is 5.49. The molecule has 0 aliphatic carbocycles. The van der Waals surface area contributed by atoms with E-state index in [0.717, 1.165) is 17.9 Å². The third kappa shape index (κ3) is 4.97. The number of hydrogen-bond donors (Lipinski definition) is 1. The molecule has 0 aromatic heterocycles. The van der Waals surface area contributed by atoms with Gasteiger partial charge in [0.2, 0.25) is 5.91 Å². The molecule has 1 amide bonds. The Kier molecular flexibility index (Phi) is 6.14. The largest absolute Gasteiger partial charge is 0.405 e. The number of carbonyl (C=O) groups is 1. The summed E-state index contributed by atoms with van der Waals surface area (Å²) in [6.07, 6.45) is -1.48. The lowest BCUT2D eigenvalue weighted by atomic mass is 9.94. The van der Waals surface area contributed by atoms with Gasteiger partial charge in [-0.05, 0) is 50.7 Å². The second-order valence-electron chi connectivity index (χ2n) is 7.38. The van der Waals surface area contributed by atoms with Gasteiger partial charge in [-0.1, -0.05) is 37.6 Å². The number of amides is 1. The number of benzene rings is 1. The van der Waals surface area contributed by atoms with E-state index in [4.69, 9.17) is 0 Å². The average molecular weight is 356 g/mol. The van der Waals surface area contributed by atoms with E-state index in [-0.39, 0.29) is 18.9 Å². The Labute approximate surface area is 147 Å². The van der Waals surface area contributed by atoms with Gasteiger partial charge in [0.25, 0.3) is 0 Å². The summed E-state index contributed by atoms with van der Waals surface area (Å²) in [5, 5.41) is 1.07. The smallest absolute Gasteiger partial charge is 0.288 e. The number of halogens is 3. The minimum absolute atomic E-state index is 0.00580. The number of hydrogen-bond acceptors (Lipinski definition) is 2. The van der Waals surface area contributed by atoms with E-state index in [9.17, 15) is 18.0 Å². The van der Waals surface area contributed by atoms with Crippen LogP contribution in [0.2, 0.25) is 0 Å². The molecule has 0 radical (unpaired) electrons. The molecule has 1 atom stereocenters. The quantitative estimate of drug-likeness (QED) is 0.740. The Bertz CT molecular complexity index is 599. The van der Waals surface area contributed by atoms with Crippen molar-refractivity contribution in [1.29, 1.82) is 0 Å². The van der Waals surface area contributed by atoms with Gasteiger partial charge in [0, 0.05) is 6.54 Å². The number of nitrogens with one attached hydrogen (secondary N) is 1. The summed E-state index contributed by atoms with van der Waals surface area (Å²) in [4.78, 5) is 11.8. The van der Waals surface area contributed by atoms with E-state index in [1.807, 2.05) is 18.2 Å². The van der Waals surface area contributed by atoms with Crippen LogP contribution in [-0.4, -0.2) is 29.7 Å². The van der Waals surface area contributed by atoms with Crippen molar-refractivity contribution < 1.29 is 18.0 Å².